The summed E-state index contributed by atoms with van der Waals surface area (Å²) in [6, 6.07) is 3.47. The van der Waals surface area contributed by atoms with Gasteiger partial charge in [-0.1, -0.05) is 13.8 Å². The fourth-order valence-electron chi connectivity index (χ4n) is 2.33. The minimum absolute atomic E-state index is 0.201. The lowest BCUT2D eigenvalue weighted by atomic mass is 10.1. The van der Waals surface area contributed by atoms with E-state index in [4.69, 9.17) is 4.74 Å². The van der Waals surface area contributed by atoms with Gasteiger partial charge in [-0.25, -0.2) is 0 Å². The molecule has 0 radical (unpaired) electrons. The molecule has 2 rings (SSSR count). The lowest BCUT2D eigenvalue weighted by Crippen LogP contribution is -2.37. The van der Waals surface area contributed by atoms with Crippen LogP contribution in [0.5, 0.6) is 0 Å². The third-order valence-electron chi connectivity index (χ3n) is 3.99. The summed E-state index contributed by atoms with van der Waals surface area (Å²) in [7, 11) is 0. The Balaban J connectivity index is 2.34. The van der Waals surface area contributed by atoms with Crippen molar-refractivity contribution in [2.45, 2.75) is 26.4 Å². The molecule has 128 valence electrons. The van der Waals surface area contributed by atoms with E-state index in [0.29, 0.717) is 38.4 Å². The molecule has 1 aliphatic heterocycles. The molecule has 0 aliphatic carbocycles. The van der Waals surface area contributed by atoms with Crippen LogP contribution in [-0.4, -0.2) is 32.2 Å². The fraction of sp³-hybridized carbons (Fsp3) is 0.562. The lowest BCUT2D eigenvalue weighted by molar-refractivity contribution is -0.137. The Hall–Kier alpha value is -1.76. The van der Waals surface area contributed by atoms with Crippen LogP contribution in [0, 0.1) is 5.92 Å². The van der Waals surface area contributed by atoms with Crippen molar-refractivity contribution in [1.82, 2.24) is 0 Å². The highest BCUT2D eigenvalue weighted by molar-refractivity contribution is 5.95. The summed E-state index contributed by atoms with van der Waals surface area (Å²) in [5, 5.41) is 2.65. The minimum atomic E-state index is -4.45. The predicted molar refractivity (Wildman–Crippen MR) is 82.6 cm³/mol. The van der Waals surface area contributed by atoms with Crippen molar-refractivity contribution in [2.75, 3.05) is 36.5 Å². The van der Waals surface area contributed by atoms with Crippen LogP contribution in [0.25, 0.3) is 0 Å². The Kier molecular flexibility index (Phi) is 5.51. The zero-order valence-corrected chi connectivity index (χ0v) is 13.2. The number of hydrogen-bond acceptors (Lipinski definition) is 3. The number of anilines is 2. The highest BCUT2D eigenvalue weighted by Gasteiger charge is 2.32. The van der Waals surface area contributed by atoms with Crippen molar-refractivity contribution in [3.63, 3.8) is 0 Å². The Morgan fingerprint density at radius 3 is 2.57 bits per heavy atom. The average molecular weight is 330 g/mol. The number of morpholine rings is 1. The van der Waals surface area contributed by atoms with Gasteiger partial charge >= 0.3 is 6.18 Å². The van der Waals surface area contributed by atoms with Gasteiger partial charge in [0.1, 0.15) is 0 Å². The molecule has 1 fully saturated rings. The molecular formula is C16H21F3N2O2. The van der Waals surface area contributed by atoms with Crippen molar-refractivity contribution in [2.24, 2.45) is 5.92 Å². The predicted octanol–water partition coefficient (Wildman–Crippen LogP) is 3.53. The van der Waals surface area contributed by atoms with Crippen molar-refractivity contribution in [1.29, 1.82) is 0 Å². The van der Waals surface area contributed by atoms with Crippen LogP contribution in [0.4, 0.5) is 24.5 Å². The van der Waals surface area contributed by atoms with Gasteiger partial charge in [0, 0.05) is 19.0 Å². The number of halogens is 3. The van der Waals surface area contributed by atoms with E-state index in [9.17, 15) is 18.0 Å². The van der Waals surface area contributed by atoms with E-state index in [2.05, 4.69) is 5.32 Å². The molecule has 1 unspecified atom stereocenters. The standard InChI is InChI=1S/C16H21F3N2O2/c1-3-11(2)15(22)20-13-10-12(16(17,18)19)4-5-14(13)21-6-8-23-9-7-21/h4-5,10-11H,3,6-9H2,1-2H3,(H,20,22). The molecule has 0 aromatic heterocycles. The lowest BCUT2D eigenvalue weighted by Gasteiger charge is -2.31. The number of carbonyl (C=O) groups is 1. The highest BCUT2D eigenvalue weighted by Crippen LogP contribution is 2.36. The summed E-state index contributed by atoms with van der Waals surface area (Å²) in [5.74, 6) is -0.539. The van der Waals surface area contributed by atoms with Crippen molar-refractivity contribution in [3.05, 3.63) is 23.8 Å². The molecule has 4 nitrogen and oxygen atoms in total. The first-order valence-electron chi connectivity index (χ1n) is 7.67. The number of nitrogens with zero attached hydrogens (tertiary/aromatic N) is 1. The molecule has 1 heterocycles. The first kappa shape index (κ1) is 17.6. The van der Waals surface area contributed by atoms with Gasteiger partial charge in [0.25, 0.3) is 0 Å². The van der Waals surface area contributed by atoms with Crippen LogP contribution in [0.15, 0.2) is 18.2 Å². The maximum atomic E-state index is 13.0. The van der Waals surface area contributed by atoms with Gasteiger partial charge in [0.15, 0.2) is 0 Å². The van der Waals surface area contributed by atoms with Gasteiger partial charge in [-0.15, -0.1) is 0 Å². The van der Waals surface area contributed by atoms with Crippen LogP contribution in [0.1, 0.15) is 25.8 Å². The van der Waals surface area contributed by atoms with E-state index in [1.165, 1.54) is 6.07 Å². The quantitative estimate of drug-likeness (QED) is 0.918. The zero-order valence-electron chi connectivity index (χ0n) is 13.2. The molecular weight excluding hydrogens is 309 g/mol. The summed E-state index contributed by atoms with van der Waals surface area (Å²) in [6.07, 6.45) is -3.82. The topological polar surface area (TPSA) is 41.6 Å². The molecule has 7 heteroatoms. The Morgan fingerprint density at radius 2 is 2.00 bits per heavy atom. The van der Waals surface area contributed by atoms with Crippen LogP contribution in [0.3, 0.4) is 0 Å². The summed E-state index contributed by atoms with van der Waals surface area (Å²) < 4.78 is 44.1. The van der Waals surface area contributed by atoms with Gasteiger partial charge < -0.3 is 15.0 Å². The summed E-state index contributed by atoms with van der Waals surface area (Å²) in [4.78, 5) is 14.0. The molecule has 1 amide bonds. The van der Waals surface area contributed by atoms with Crippen LogP contribution < -0.4 is 10.2 Å². The van der Waals surface area contributed by atoms with Gasteiger partial charge in [0.2, 0.25) is 5.91 Å². The number of alkyl halides is 3. The molecule has 1 N–H and O–H groups in total. The third kappa shape index (κ3) is 4.37. The number of nitrogens with one attached hydrogen (secondary N) is 1. The normalized spacial score (nSPS) is 17.0. The van der Waals surface area contributed by atoms with Crippen LogP contribution in [-0.2, 0) is 15.7 Å². The van der Waals surface area contributed by atoms with E-state index < -0.39 is 11.7 Å². The number of amides is 1. The Labute approximate surface area is 133 Å². The highest BCUT2D eigenvalue weighted by atomic mass is 19.4. The van der Waals surface area contributed by atoms with E-state index in [1.807, 2.05) is 11.8 Å². The Bertz CT molecular complexity index is 555. The number of rotatable bonds is 4. The monoisotopic (exact) mass is 330 g/mol. The SMILES string of the molecule is CCC(C)C(=O)Nc1cc(C(F)(F)F)ccc1N1CCOCC1. The number of hydrogen-bond donors (Lipinski definition) is 1. The molecule has 1 saturated heterocycles. The van der Waals surface area contributed by atoms with Crippen molar-refractivity contribution < 1.29 is 22.7 Å². The first-order valence-corrected chi connectivity index (χ1v) is 7.67. The molecule has 1 atom stereocenters. The smallest absolute Gasteiger partial charge is 0.378 e. The molecule has 1 aromatic rings. The summed E-state index contributed by atoms with van der Waals surface area (Å²) >= 11 is 0. The fourth-order valence-corrected chi connectivity index (χ4v) is 2.33. The Morgan fingerprint density at radius 1 is 1.35 bits per heavy atom. The van der Waals surface area contributed by atoms with E-state index >= 15 is 0 Å². The molecule has 23 heavy (non-hydrogen) atoms. The third-order valence-corrected chi connectivity index (χ3v) is 3.99. The molecule has 0 bridgehead atoms. The molecule has 1 aromatic carbocycles. The maximum Gasteiger partial charge on any atom is 0.416 e. The van der Waals surface area contributed by atoms with Crippen LogP contribution >= 0.6 is 0 Å². The zero-order chi connectivity index (χ0) is 17.0. The molecule has 1 aliphatic rings. The van der Waals surface area contributed by atoms with Crippen molar-refractivity contribution >= 4 is 17.3 Å². The van der Waals surface area contributed by atoms with E-state index in [1.54, 1.807) is 6.92 Å². The van der Waals surface area contributed by atoms with Crippen molar-refractivity contribution in [3.8, 4) is 0 Å². The van der Waals surface area contributed by atoms with Crippen LogP contribution in [0.2, 0.25) is 0 Å². The maximum absolute atomic E-state index is 13.0. The second-order valence-electron chi connectivity index (χ2n) is 5.63. The molecule has 0 spiro atoms. The van der Waals surface area contributed by atoms with E-state index in [0.717, 1.165) is 12.1 Å². The second-order valence-corrected chi connectivity index (χ2v) is 5.63. The largest absolute Gasteiger partial charge is 0.416 e. The van der Waals surface area contributed by atoms with Gasteiger partial charge in [-0.2, -0.15) is 13.2 Å². The minimum Gasteiger partial charge on any atom is -0.378 e. The summed E-state index contributed by atoms with van der Waals surface area (Å²) in [5.41, 5.74) is 0.0268. The number of benzene rings is 1. The molecule has 0 saturated carbocycles. The summed E-state index contributed by atoms with van der Waals surface area (Å²) in [6.45, 7) is 5.80. The average Bonchev–Trinajstić information content (AvgIpc) is 2.54. The van der Waals surface area contributed by atoms with Gasteiger partial charge in [-0.3, -0.25) is 4.79 Å². The van der Waals surface area contributed by atoms with E-state index in [-0.39, 0.29) is 17.5 Å². The first-order chi connectivity index (χ1) is 10.8. The van der Waals surface area contributed by atoms with Gasteiger partial charge in [-0.05, 0) is 24.6 Å². The number of carbonyl (C=O) groups excluding carboxylic acids is 1. The van der Waals surface area contributed by atoms with Gasteiger partial charge in [0.05, 0.1) is 30.2 Å². The number of ether oxygens (including phenoxy) is 1. The second kappa shape index (κ2) is 7.21.